The lowest BCUT2D eigenvalue weighted by Crippen LogP contribution is -2.26. The summed E-state index contributed by atoms with van der Waals surface area (Å²) in [7, 11) is 1.69. The van der Waals surface area contributed by atoms with Crippen molar-refractivity contribution < 1.29 is 9.53 Å². The normalized spacial score (nSPS) is 11.0. The molecule has 0 atom stereocenters. The third kappa shape index (κ3) is 4.03. The molecule has 0 spiro atoms. The van der Waals surface area contributed by atoms with Crippen molar-refractivity contribution >= 4 is 16.8 Å². The highest BCUT2D eigenvalue weighted by molar-refractivity contribution is 5.97. The molecule has 0 aliphatic heterocycles. The van der Waals surface area contributed by atoms with E-state index in [1.54, 1.807) is 19.4 Å². The first-order chi connectivity index (χ1) is 12.2. The number of carbonyl (C=O) groups excluding carboxylic acids is 1. The number of amides is 1. The van der Waals surface area contributed by atoms with E-state index in [1.807, 2.05) is 37.4 Å². The third-order valence-corrected chi connectivity index (χ3v) is 4.16. The van der Waals surface area contributed by atoms with Crippen LogP contribution in [0.15, 0.2) is 42.7 Å². The number of hydrogen-bond donors (Lipinski definition) is 1. The van der Waals surface area contributed by atoms with Gasteiger partial charge in [-0.3, -0.25) is 9.78 Å². The van der Waals surface area contributed by atoms with Crippen LogP contribution in [0.5, 0.6) is 0 Å². The molecule has 0 fully saturated rings. The average Bonchev–Trinajstić information content (AvgIpc) is 2.99. The first-order valence-electron chi connectivity index (χ1n) is 8.32. The predicted molar refractivity (Wildman–Crippen MR) is 96.6 cm³/mol. The number of aromatic nitrogens is 3. The van der Waals surface area contributed by atoms with Crippen molar-refractivity contribution in [2.24, 2.45) is 0 Å². The van der Waals surface area contributed by atoms with Crippen LogP contribution in [0.4, 0.5) is 0 Å². The Hall–Kier alpha value is -2.73. The van der Waals surface area contributed by atoms with Crippen molar-refractivity contribution in [3.05, 3.63) is 59.8 Å². The van der Waals surface area contributed by atoms with Crippen LogP contribution in [-0.2, 0) is 17.7 Å². The molecular weight excluding hydrogens is 316 g/mol. The molecule has 0 saturated heterocycles. The molecule has 0 radical (unpaired) electrons. The molecular formula is C19H22N4O2. The van der Waals surface area contributed by atoms with Crippen LogP contribution < -0.4 is 5.32 Å². The number of nitrogens with one attached hydrogen (secondary N) is 1. The zero-order chi connectivity index (χ0) is 17.6. The lowest BCUT2D eigenvalue weighted by atomic mass is 10.1. The maximum absolute atomic E-state index is 12.4. The number of carbonyl (C=O) groups is 1. The summed E-state index contributed by atoms with van der Waals surface area (Å²) >= 11 is 0. The Morgan fingerprint density at radius 1 is 1.28 bits per heavy atom. The van der Waals surface area contributed by atoms with E-state index in [-0.39, 0.29) is 5.91 Å². The van der Waals surface area contributed by atoms with Crippen LogP contribution in [0.25, 0.3) is 10.9 Å². The lowest BCUT2D eigenvalue weighted by Gasteiger charge is -2.10. The zero-order valence-corrected chi connectivity index (χ0v) is 14.5. The van der Waals surface area contributed by atoms with Crippen molar-refractivity contribution in [3.63, 3.8) is 0 Å². The Kier molecular flexibility index (Phi) is 5.40. The van der Waals surface area contributed by atoms with E-state index in [1.165, 1.54) is 0 Å². The highest BCUT2D eigenvalue weighted by atomic mass is 16.5. The van der Waals surface area contributed by atoms with E-state index in [0.29, 0.717) is 25.1 Å². The molecule has 3 rings (SSSR count). The van der Waals surface area contributed by atoms with Gasteiger partial charge < -0.3 is 14.6 Å². The number of pyridine rings is 1. The lowest BCUT2D eigenvalue weighted by molar-refractivity contribution is 0.0954. The highest BCUT2D eigenvalue weighted by Crippen LogP contribution is 2.13. The van der Waals surface area contributed by atoms with Gasteiger partial charge in [-0.1, -0.05) is 6.07 Å². The fourth-order valence-corrected chi connectivity index (χ4v) is 2.81. The Bertz CT molecular complexity index is 873. The van der Waals surface area contributed by atoms with Crippen LogP contribution >= 0.6 is 0 Å². The summed E-state index contributed by atoms with van der Waals surface area (Å²) in [4.78, 5) is 21.1. The summed E-state index contributed by atoms with van der Waals surface area (Å²) in [5, 5.41) is 3.92. The molecule has 0 aliphatic rings. The number of rotatable bonds is 7. The summed E-state index contributed by atoms with van der Waals surface area (Å²) in [6, 6.07) is 9.35. The second-order valence-electron chi connectivity index (χ2n) is 5.88. The van der Waals surface area contributed by atoms with Crippen LogP contribution in [0.3, 0.4) is 0 Å². The quantitative estimate of drug-likeness (QED) is 0.718. The van der Waals surface area contributed by atoms with E-state index >= 15 is 0 Å². The summed E-state index contributed by atoms with van der Waals surface area (Å²) in [5.41, 5.74) is 2.62. The van der Waals surface area contributed by atoms with Gasteiger partial charge in [0.1, 0.15) is 5.82 Å². The molecule has 1 N–H and O–H groups in total. The first kappa shape index (κ1) is 17.1. The molecule has 3 aromatic rings. The zero-order valence-electron chi connectivity index (χ0n) is 14.5. The second-order valence-corrected chi connectivity index (χ2v) is 5.88. The second kappa shape index (κ2) is 7.90. The number of fused-ring (bicyclic) bond motifs is 1. The molecule has 2 heterocycles. The molecule has 1 amide bonds. The van der Waals surface area contributed by atoms with E-state index in [4.69, 9.17) is 4.74 Å². The Labute approximate surface area is 146 Å². The number of nitrogens with zero attached hydrogens (tertiary/aromatic N) is 3. The molecule has 0 bridgehead atoms. The first-order valence-corrected chi connectivity index (χ1v) is 8.32. The topological polar surface area (TPSA) is 69.0 Å². The van der Waals surface area contributed by atoms with Gasteiger partial charge in [-0.15, -0.1) is 0 Å². The van der Waals surface area contributed by atoms with Crippen molar-refractivity contribution in [2.75, 3.05) is 20.3 Å². The fraction of sp³-hybridized carbons (Fsp3) is 0.316. The number of hydrogen-bond acceptors (Lipinski definition) is 4. The van der Waals surface area contributed by atoms with E-state index in [9.17, 15) is 4.79 Å². The number of aryl methyl sites for hydroxylation is 1. The maximum Gasteiger partial charge on any atom is 0.251 e. The number of imidazole rings is 1. The van der Waals surface area contributed by atoms with E-state index in [2.05, 4.69) is 19.9 Å². The van der Waals surface area contributed by atoms with Crippen LogP contribution in [0.1, 0.15) is 21.9 Å². The van der Waals surface area contributed by atoms with Gasteiger partial charge in [0, 0.05) is 55.7 Å². The van der Waals surface area contributed by atoms with Gasteiger partial charge in [-0.05, 0) is 31.2 Å². The maximum atomic E-state index is 12.4. The van der Waals surface area contributed by atoms with Crippen molar-refractivity contribution in [2.45, 2.75) is 19.9 Å². The van der Waals surface area contributed by atoms with Gasteiger partial charge >= 0.3 is 0 Å². The number of methoxy groups -OCH3 is 1. The minimum atomic E-state index is -0.0857. The van der Waals surface area contributed by atoms with Gasteiger partial charge in [0.25, 0.3) is 5.91 Å². The van der Waals surface area contributed by atoms with Gasteiger partial charge in [-0.2, -0.15) is 0 Å². The molecule has 1 aromatic carbocycles. The van der Waals surface area contributed by atoms with Crippen molar-refractivity contribution in [3.8, 4) is 0 Å². The van der Waals surface area contributed by atoms with Gasteiger partial charge in [0.05, 0.1) is 12.1 Å². The summed E-state index contributed by atoms with van der Waals surface area (Å²) in [6.07, 6.45) is 4.28. The van der Waals surface area contributed by atoms with Gasteiger partial charge in [0.2, 0.25) is 0 Å². The molecule has 0 aliphatic carbocycles. The minimum Gasteiger partial charge on any atom is -0.383 e. The molecule has 6 heteroatoms. The monoisotopic (exact) mass is 338 g/mol. The Morgan fingerprint density at radius 3 is 3.00 bits per heavy atom. The molecule has 0 saturated carbocycles. The molecule has 130 valence electrons. The minimum absolute atomic E-state index is 0.0857. The summed E-state index contributed by atoms with van der Waals surface area (Å²) < 4.78 is 7.26. The summed E-state index contributed by atoms with van der Waals surface area (Å²) in [5.74, 6) is 0.870. The molecule has 2 aromatic heterocycles. The van der Waals surface area contributed by atoms with Crippen molar-refractivity contribution in [1.82, 2.24) is 19.9 Å². The molecule has 6 nitrogen and oxygen atoms in total. The largest absolute Gasteiger partial charge is 0.383 e. The summed E-state index contributed by atoms with van der Waals surface area (Å²) in [6.45, 7) is 3.96. The Morgan fingerprint density at radius 2 is 2.16 bits per heavy atom. The third-order valence-electron chi connectivity index (χ3n) is 4.16. The van der Waals surface area contributed by atoms with E-state index < -0.39 is 0 Å². The van der Waals surface area contributed by atoms with E-state index in [0.717, 1.165) is 29.0 Å². The van der Waals surface area contributed by atoms with Crippen LogP contribution in [0, 0.1) is 6.92 Å². The standard InChI is InChI=1S/C19H22N4O2/c1-14-13-22-18(23(14)10-11-25-2)7-9-21-19(24)16-5-6-17-15(12-16)4-3-8-20-17/h3-6,8,12-13H,7,9-11H2,1-2H3,(H,21,24). The number of ether oxygens (including phenoxy) is 1. The smallest absolute Gasteiger partial charge is 0.251 e. The highest BCUT2D eigenvalue weighted by Gasteiger charge is 2.09. The van der Waals surface area contributed by atoms with Crippen LogP contribution in [0.2, 0.25) is 0 Å². The number of benzene rings is 1. The molecule has 25 heavy (non-hydrogen) atoms. The SMILES string of the molecule is COCCn1c(C)cnc1CCNC(=O)c1ccc2ncccc2c1. The average molecular weight is 338 g/mol. The molecule has 0 unspecified atom stereocenters. The van der Waals surface area contributed by atoms with Gasteiger partial charge in [0.15, 0.2) is 0 Å². The van der Waals surface area contributed by atoms with Crippen molar-refractivity contribution in [1.29, 1.82) is 0 Å². The fourth-order valence-electron chi connectivity index (χ4n) is 2.81. The van der Waals surface area contributed by atoms with Gasteiger partial charge in [-0.25, -0.2) is 4.98 Å². The Balaban J connectivity index is 1.60. The van der Waals surface area contributed by atoms with Crippen LogP contribution in [-0.4, -0.2) is 40.7 Å². The predicted octanol–water partition coefficient (Wildman–Crippen LogP) is 2.36.